The molecule has 0 aromatic rings. The maximum absolute atomic E-state index is 14.1. The van der Waals surface area contributed by atoms with E-state index in [9.17, 15) is 28.8 Å². The number of carbonyl (C=O) groups excluding carboxylic acids is 6. The number of thioether (sulfide) groups is 1. The van der Waals surface area contributed by atoms with Crippen LogP contribution in [0.2, 0.25) is 0 Å². The van der Waals surface area contributed by atoms with Gasteiger partial charge in [0.25, 0.3) is 5.91 Å². The third-order valence-corrected chi connectivity index (χ3v) is 9.12. The van der Waals surface area contributed by atoms with Crippen LogP contribution >= 0.6 is 11.8 Å². The molecule has 0 aromatic heterocycles. The average molecular weight is 713 g/mol. The highest BCUT2D eigenvalue weighted by atomic mass is 32.2. The number of amides is 6. The summed E-state index contributed by atoms with van der Waals surface area (Å²) in [6.07, 6.45) is 3.21. The Balaban J connectivity index is 6.38. The summed E-state index contributed by atoms with van der Waals surface area (Å²) in [5.74, 6) is -2.65. The number of likely N-dealkylation sites (N-methyl/N-ethyl adjacent to an activating group) is 3. The molecule has 15 heteroatoms. The van der Waals surface area contributed by atoms with E-state index in [0.717, 1.165) is 0 Å². The van der Waals surface area contributed by atoms with Crippen molar-refractivity contribution in [2.75, 3.05) is 47.5 Å². The number of hydrogen-bond donors (Lipinski definition) is 3. The van der Waals surface area contributed by atoms with Crippen LogP contribution in [0, 0.1) is 17.8 Å². The number of rotatable bonds is 22. The van der Waals surface area contributed by atoms with Gasteiger partial charge >= 0.3 is 0 Å². The minimum Gasteiger partial charge on any atom is -0.369 e. The van der Waals surface area contributed by atoms with Gasteiger partial charge in [0.05, 0.1) is 6.34 Å². The number of nitrogens with one attached hydrogen (secondary N) is 2. The summed E-state index contributed by atoms with van der Waals surface area (Å²) in [5, 5.41) is 4.58. The summed E-state index contributed by atoms with van der Waals surface area (Å²) in [5.41, 5.74) is 5.34. The summed E-state index contributed by atoms with van der Waals surface area (Å²) in [4.78, 5) is 90.1. The topological polar surface area (TPSA) is 178 Å². The van der Waals surface area contributed by atoms with Gasteiger partial charge in [0.1, 0.15) is 24.2 Å². The van der Waals surface area contributed by atoms with E-state index in [4.69, 9.17) is 5.73 Å². The van der Waals surface area contributed by atoms with Crippen molar-refractivity contribution in [3.63, 3.8) is 0 Å². The van der Waals surface area contributed by atoms with Crippen LogP contribution in [0.3, 0.4) is 0 Å². The fourth-order valence-corrected chi connectivity index (χ4v) is 6.01. The molecule has 0 fully saturated rings. The summed E-state index contributed by atoms with van der Waals surface area (Å²) >= 11 is 1.29. The molecule has 0 aliphatic heterocycles. The quantitative estimate of drug-likeness (QED) is 0.0658. The normalized spacial score (nSPS) is 14.6. The number of primary amides is 1. The van der Waals surface area contributed by atoms with Crippen LogP contribution in [0.15, 0.2) is 4.99 Å². The fourth-order valence-electron chi connectivity index (χ4n) is 4.93. The Bertz CT molecular complexity index is 1130. The summed E-state index contributed by atoms with van der Waals surface area (Å²) < 4.78 is 0. The van der Waals surface area contributed by atoms with Gasteiger partial charge in [0.2, 0.25) is 29.5 Å². The molecule has 14 nitrogen and oxygen atoms in total. The molecule has 0 heterocycles. The van der Waals surface area contributed by atoms with Gasteiger partial charge in [-0.2, -0.15) is 0 Å². The maximum atomic E-state index is 14.1. The Morgan fingerprint density at radius 2 is 1.24 bits per heavy atom. The van der Waals surface area contributed by atoms with E-state index < -0.39 is 59.1 Å². The second kappa shape index (κ2) is 22.4. The molecule has 4 N–H and O–H groups in total. The van der Waals surface area contributed by atoms with E-state index in [1.54, 1.807) is 34.3 Å². The lowest BCUT2D eigenvalue weighted by molar-refractivity contribution is -0.147. The molecule has 0 saturated heterocycles. The van der Waals surface area contributed by atoms with Crippen LogP contribution in [-0.2, 0) is 28.8 Å². The number of hydrogen-bond acceptors (Lipinski definition) is 8. The zero-order valence-electron chi connectivity index (χ0n) is 32.1. The molecule has 0 aliphatic carbocycles. The number of carbonyl (C=O) groups is 6. The van der Waals surface area contributed by atoms with Gasteiger partial charge in [-0.25, -0.2) is 0 Å². The van der Waals surface area contributed by atoms with Crippen molar-refractivity contribution < 1.29 is 28.8 Å². The zero-order valence-corrected chi connectivity index (χ0v) is 32.9. The Kier molecular flexibility index (Phi) is 20.8. The second-order valence-corrected chi connectivity index (χ2v) is 15.2. The van der Waals surface area contributed by atoms with E-state index in [0.29, 0.717) is 31.6 Å². The fraction of sp³-hybridized carbons (Fsp3) is 0.794. The van der Waals surface area contributed by atoms with E-state index in [1.807, 2.05) is 53.6 Å². The standard InChI is InChI=1S/C34H64N8O6S/c1-14-15-27(43)42(13)34(49-17-16-36-20-39(9)10)33(48)41(12)26(19-22(4)5)31(46)38-28(23(6)7)32(47)40(11)25(18-21(2)3)30(45)37-24(8)29(35)44/h20-26,28,34H,14-19H2,1-13H3,(H2,35,44)(H,37,45)(H,38,46)/t24-,25-,26-,28-,34+/m0/s1. The maximum Gasteiger partial charge on any atom is 0.256 e. The van der Waals surface area contributed by atoms with Gasteiger partial charge in [0, 0.05) is 54.0 Å². The lowest BCUT2D eigenvalue weighted by atomic mass is 9.97. The van der Waals surface area contributed by atoms with Gasteiger partial charge in [0.15, 0.2) is 5.37 Å². The lowest BCUT2D eigenvalue weighted by Gasteiger charge is -2.37. The van der Waals surface area contributed by atoms with Crippen molar-refractivity contribution in [2.24, 2.45) is 28.5 Å². The molecule has 282 valence electrons. The van der Waals surface area contributed by atoms with Crippen molar-refractivity contribution in [3.05, 3.63) is 0 Å². The van der Waals surface area contributed by atoms with Crippen LogP contribution in [0.25, 0.3) is 0 Å². The van der Waals surface area contributed by atoms with Gasteiger partial charge in [-0.3, -0.25) is 33.8 Å². The lowest BCUT2D eigenvalue weighted by Crippen LogP contribution is -2.60. The highest BCUT2D eigenvalue weighted by molar-refractivity contribution is 8.00. The molecular formula is C34H64N8O6S. The van der Waals surface area contributed by atoms with E-state index in [1.165, 1.54) is 40.4 Å². The highest BCUT2D eigenvalue weighted by Gasteiger charge is 2.39. The molecule has 0 unspecified atom stereocenters. The highest BCUT2D eigenvalue weighted by Crippen LogP contribution is 2.22. The number of nitrogens with zero attached hydrogens (tertiary/aromatic N) is 5. The third-order valence-electron chi connectivity index (χ3n) is 7.87. The molecule has 0 spiro atoms. The Morgan fingerprint density at radius 3 is 1.67 bits per heavy atom. The first-order chi connectivity index (χ1) is 22.7. The predicted octanol–water partition coefficient (Wildman–Crippen LogP) is 1.77. The third kappa shape index (κ3) is 15.8. The van der Waals surface area contributed by atoms with Crippen molar-refractivity contribution >= 4 is 53.5 Å². The minimum atomic E-state index is -1.01. The first-order valence-corrected chi connectivity index (χ1v) is 18.2. The minimum absolute atomic E-state index is 0.0131. The largest absolute Gasteiger partial charge is 0.369 e. The summed E-state index contributed by atoms with van der Waals surface area (Å²) in [6, 6.07) is -3.80. The van der Waals surface area contributed by atoms with E-state index in [2.05, 4.69) is 15.6 Å². The molecule has 6 amide bonds. The molecule has 5 atom stereocenters. The van der Waals surface area contributed by atoms with Crippen LogP contribution < -0.4 is 16.4 Å². The van der Waals surface area contributed by atoms with Crippen LogP contribution in [0.5, 0.6) is 0 Å². The molecule has 0 saturated carbocycles. The zero-order chi connectivity index (χ0) is 38.2. The summed E-state index contributed by atoms with van der Waals surface area (Å²) in [7, 11) is 8.36. The van der Waals surface area contributed by atoms with E-state index >= 15 is 0 Å². The van der Waals surface area contributed by atoms with Crippen LogP contribution in [-0.4, -0.2) is 138 Å². The average Bonchev–Trinajstić information content (AvgIpc) is 3.00. The Labute approximate surface area is 298 Å². The number of aliphatic imine (C=N–C) groups is 1. The van der Waals surface area contributed by atoms with Crippen molar-refractivity contribution in [2.45, 2.75) is 111 Å². The number of nitrogens with two attached hydrogens (primary N) is 1. The molecular weight excluding hydrogens is 648 g/mol. The van der Waals surface area contributed by atoms with Crippen molar-refractivity contribution in [1.29, 1.82) is 0 Å². The first kappa shape index (κ1) is 45.6. The van der Waals surface area contributed by atoms with Gasteiger partial charge < -0.3 is 36.0 Å². The van der Waals surface area contributed by atoms with Crippen LogP contribution in [0.1, 0.15) is 81.1 Å². The molecule has 0 aliphatic rings. The van der Waals surface area contributed by atoms with Crippen molar-refractivity contribution in [1.82, 2.24) is 30.2 Å². The van der Waals surface area contributed by atoms with Crippen molar-refractivity contribution in [3.8, 4) is 0 Å². The van der Waals surface area contributed by atoms with Crippen LogP contribution in [0.4, 0.5) is 0 Å². The molecule has 49 heavy (non-hydrogen) atoms. The monoisotopic (exact) mass is 712 g/mol. The Morgan fingerprint density at radius 1 is 0.755 bits per heavy atom. The first-order valence-electron chi connectivity index (χ1n) is 17.1. The second-order valence-electron chi connectivity index (χ2n) is 14.0. The SMILES string of the molecule is CCCC(=O)N(C)[C@H](SCCN=CN(C)C)C(=O)N(C)[C@@H](CC(C)C)C(=O)N[C@H](C(=O)N(C)[C@@H](CC(C)C)C(=O)N[C@@H](C)C(N)=O)C(C)C. The van der Waals surface area contributed by atoms with Gasteiger partial charge in [-0.05, 0) is 43.9 Å². The van der Waals surface area contributed by atoms with E-state index in [-0.39, 0.29) is 30.1 Å². The van der Waals surface area contributed by atoms with Gasteiger partial charge in [-0.1, -0.05) is 48.5 Å². The Hall–Kier alpha value is -3.36. The molecule has 0 aromatic carbocycles. The smallest absolute Gasteiger partial charge is 0.256 e. The predicted molar refractivity (Wildman–Crippen MR) is 197 cm³/mol. The molecule has 0 bridgehead atoms. The van der Waals surface area contributed by atoms with Gasteiger partial charge in [-0.15, -0.1) is 11.8 Å². The molecule has 0 radical (unpaired) electrons. The molecule has 0 rings (SSSR count). The summed E-state index contributed by atoms with van der Waals surface area (Å²) in [6.45, 7) is 15.1.